The smallest absolute Gasteiger partial charge is 0.243 e. The van der Waals surface area contributed by atoms with E-state index >= 15 is 0 Å². The molecule has 194 valence electrons. The number of benzene rings is 3. The maximum atomic E-state index is 14.5. The van der Waals surface area contributed by atoms with Crippen molar-refractivity contribution in [1.82, 2.24) is 24.5 Å². The molecule has 1 aromatic heterocycles. The van der Waals surface area contributed by atoms with Gasteiger partial charge in [-0.25, -0.2) is 12.8 Å². The number of hydrogen-bond donors (Lipinski definition) is 0. The molecule has 0 aliphatic carbocycles. The van der Waals surface area contributed by atoms with E-state index in [1.54, 1.807) is 43.5 Å². The highest BCUT2D eigenvalue weighted by atomic mass is 32.2. The predicted molar refractivity (Wildman–Crippen MR) is 133 cm³/mol. The van der Waals surface area contributed by atoms with Gasteiger partial charge in [-0.2, -0.15) is 8.99 Å². The quantitative estimate of drug-likeness (QED) is 0.293. The second-order valence-electron chi connectivity index (χ2n) is 7.96. The van der Waals surface area contributed by atoms with Gasteiger partial charge in [-0.15, -0.1) is 5.10 Å². The molecular weight excluding hydrogens is 501 g/mol. The number of nitrogens with zero attached hydrogens (tertiary/aromatic N) is 5. The van der Waals surface area contributed by atoms with E-state index in [1.807, 2.05) is 6.07 Å². The number of hydrogen-bond acceptors (Lipinski definition) is 8. The molecule has 12 heteroatoms. The molecule has 10 nitrogen and oxygen atoms in total. The monoisotopic (exact) mass is 527 g/mol. The van der Waals surface area contributed by atoms with Crippen LogP contribution < -0.4 is 14.2 Å². The molecule has 1 heterocycles. The van der Waals surface area contributed by atoms with Crippen LogP contribution in [0.1, 0.15) is 11.1 Å². The third-order valence-corrected chi connectivity index (χ3v) is 7.63. The molecule has 0 atom stereocenters. The van der Waals surface area contributed by atoms with E-state index in [1.165, 1.54) is 47.7 Å². The van der Waals surface area contributed by atoms with E-state index in [4.69, 9.17) is 14.2 Å². The highest BCUT2D eigenvalue weighted by Gasteiger charge is 2.27. The van der Waals surface area contributed by atoms with Crippen molar-refractivity contribution in [2.75, 3.05) is 27.9 Å². The number of aromatic nitrogens is 4. The van der Waals surface area contributed by atoms with Gasteiger partial charge in [-0.05, 0) is 52.7 Å². The molecule has 3 aromatic carbocycles. The Bertz CT molecular complexity index is 1460. The van der Waals surface area contributed by atoms with Crippen LogP contribution in [0.15, 0.2) is 71.9 Å². The van der Waals surface area contributed by atoms with Gasteiger partial charge in [-0.3, -0.25) is 0 Å². The lowest BCUT2D eigenvalue weighted by Gasteiger charge is -2.23. The van der Waals surface area contributed by atoms with Gasteiger partial charge in [-0.1, -0.05) is 24.3 Å². The SMILES string of the molecule is COc1ccc(CCN(Cc2ccccc2F)S(=O)(=O)c2ccc(-n3cnnn3)c(OC)c2)cc1OC. The van der Waals surface area contributed by atoms with Crippen molar-refractivity contribution in [1.29, 1.82) is 0 Å². The lowest BCUT2D eigenvalue weighted by molar-refractivity contribution is 0.354. The maximum absolute atomic E-state index is 14.5. The first-order valence-electron chi connectivity index (χ1n) is 11.2. The van der Waals surface area contributed by atoms with Gasteiger partial charge in [0.15, 0.2) is 11.5 Å². The first-order valence-corrected chi connectivity index (χ1v) is 12.7. The molecule has 4 rings (SSSR count). The number of tetrazole rings is 1. The van der Waals surface area contributed by atoms with Gasteiger partial charge >= 0.3 is 0 Å². The van der Waals surface area contributed by atoms with Crippen molar-refractivity contribution in [2.45, 2.75) is 17.9 Å². The topological polar surface area (TPSA) is 109 Å². The van der Waals surface area contributed by atoms with Gasteiger partial charge in [0.2, 0.25) is 10.0 Å². The molecule has 0 amide bonds. The molecule has 0 N–H and O–H groups in total. The minimum absolute atomic E-state index is 0.00942. The third-order valence-electron chi connectivity index (χ3n) is 5.79. The molecule has 0 fully saturated rings. The summed E-state index contributed by atoms with van der Waals surface area (Å²) in [6.07, 6.45) is 1.73. The average molecular weight is 528 g/mol. The van der Waals surface area contributed by atoms with Gasteiger partial charge in [0.25, 0.3) is 0 Å². The van der Waals surface area contributed by atoms with E-state index in [-0.39, 0.29) is 29.3 Å². The number of methoxy groups -OCH3 is 3. The first kappa shape index (κ1) is 26.0. The van der Waals surface area contributed by atoms with Crippen LogP contribution in [0.4, 0.5) is 4.39 Å². The van der Waals surface area contributed by atoms with Crippen molar-refractivity contribution in [2.24, 2.45) is 0 Å². The van der Waals surface area contributed by atoms with Gasteiger partial charge in [0.05, 0.1) is 26.2 Å². The second-order valence-corrected chi connectivity index (χ2v) is 9.90. The predicted octanol–water partition coefficient (Wildman–Crippen LogP) is 3.26. The van der Waals surface area contributed by atoms with Crippen LogP contribution >= 0.6 is 0 Å². The Morgan fingerprint density at radius 2 is 1.68 bits per heavy atom. The molecule has 37 heavy (non-hydrogen) atoms. The van der Waals surface area contributed by atoms with Crippen LogP contribution in [-0.2, 0) is 23.0 Å². The van der Waals surface area contributed by atoms with Gasteiger partial charge in [0, 0.05) is 24.7 Å². The van der Waals surface area contributed by atoms with E-state index in [0.717, 1.165) is 5.56 Å². The number of halogens is 1. The van der Waals surface area contributed by atoms with Gasteiger partial charge in [0.1, 0.15) is 23.6 Å². The molecule has 0 bridgehead atoms. The molecule has 0 radical (unpaired) electrons. The fourth-order valence-electron chi connectivity index (χ4n) is 3.82. The average Bonchev–Trinajstić information content (AvgIpc) is 3.46. The minimum Gasteiger partial charge on any atom is -0.494 e. The largest absolute Gasteiger partial charge is 0.494 e. The molecule has 0 spiro atoms. The molecular formula is C25H26FN5O5S. The zero-order chi connectivity index (χ0) is 26.4. The van der Waals surface area contributed by atoms with Crippen LogP contribution in [0.5, 0.6) is 17.2 Å². The Labute approximate surface area is 214 Å². The molecule has 0 saturated carbocycles. The van der Waals surface area contributed by atoms with Crippen LogP contribution in [0.3, 0.4) is 0 Å². The summed E-state index contributed by atoms with van der Waals surface area (Å²) < 4.78 is 60.8. The number of ether oxygens (including phenoxy) is 3. The highest BCUT2D eigenvalue weighted by molar-refractivity contribution is 7.89. The number of rotatable bonds is 11. The summed E-state index contributed by atoms with van der Waals surface area (Å²) >= 11 is 0. The molecule has 0 aliphatic rings. The summed E-state index contributed by atoms with van der Waals surface area (Å²) in [6, 6.07) is 15.9. The van der Waals surface area contributed by atoms with E-state index in [0.29, 0.717) is 23.6 Å². The Kier molecular flexibility index (Phi) is 7.99. The zero-order valence-corrected chi connectivity index (χ0v) is 21.4. The lowest BCUT2D eigenvalue weighted by Crippen LogP contribution is -2.33. The van der Waals surface area contributed by atoms with Crippen LogP contribution in [0.2, 0.25) is 0 Å². The van der Waals surface area contributed by atoms with Crippen molar-refractivity contribution < 1.29 is 27.0 Å². The summed E-state index contributed by atoms with van der Waals surface area (Å²) in [4.78, 5) is -0.00942. The molecule has 0 aliphatic heterocycles. The van der Waals surface area contributed by atoms with E-state index in [2.05, 4.69) is 15.5 Å². The van der Waals surface area contributed by atoms with E-state index in [9.17, 15) is 12.8 Å². The fraction of sp³-hybridized carbons (Fsp3) is 0.240. The minimum atomic E-state index is -4.06. The lowest BCUT2D eigenvalue weighted by atomic mass is 10.1. The first-order chi connectivity index (χ1) is 17.9. The summed E-state index contributed by atoms with van der Waals surface area (Å²) in [5.74, 6) is 0.878. The van der Waals surface area contributed by atoms with E-state index < -0.39 is 15.8 Å². The highest BCUT2D eigenvalue weighted by Crippen LogP contribution is 2.30. The van der Waals surface area contributed by atoms with Gasteiger partial charge < -0.3 is 14.2 Å². The molecule has 4 aromatic rings. The second kappa shape index (κ2) is 11.4. The Morgan fingerprint density at radius 1 is 0.919 bits per heavy atom. The summed E-state index contributed by atoms with van der Waals surface area (Å²) in [5.41, 5.74) is 1.56. The summed E-state index contributed by atoms with van der Waals surface area (Å²) in [7, 11) is 0.433. The van der Waals surface area contributed by atoms with Crippen LogP contribution in [0, 0.1) is 5.82 Å². The van der Waals surface area contributed by atoms with Crippen LogP contribution in [-0.4, -0.2) is 60.8 Å². The van der Waals surface area contributed by atoms with Crippen molar-refractivity contribution in [3.63, 3.8) is 0 Å². The standard InChI is InChI=1S/C25H26FN5O5S/c1-34-23-11-8-18(14-25(23)36-3)12-13-30(16-19-6-4-5-7-21(19)26)37(32,33)20-9-10-22(24(15-20)35-2)31-17-27-28-29-31/h4-11,14-15,17H,12-13,16H2,1-3H3. The molecule has 0 unspecified atom stereocenters. The van der Waals surface area contributed by atoms with Crippen molar-refractivity contribution in [3.8, 4) is 22.9 Å². The summed E-state index contributed by atoms with van der Waals surface area (Å²) in [6.45, 7) is -0.0669. The Balaban J connectivity index is 1.68. The van der Waals surface area contributed by atoms with Crippen molar-refractivity contribution >= 4 is 10.0 Å². The molecule has 0 saturated heterocycles. The third kappa shape index (κ3) is 5.70. The fourth-order valence-corrected chi connectivity index (χ4v) is 5.25. The Morgan fingerprint density at radius 3 is 2.35 bits per heavy atom. The van der Waals surface area contributed by atoms with Crippen LogP contribution in [0.25, 0.3) is 5.69 Å². The number of sulfonamides is 1. The maximum Gasteiger partial charge on any atom is 0.243 e. The normalized spacial score (nSPS) is 11.5. The summed E-state index contributed by atoms with van der Waals surface area (Å²) in [5, 5.41) is 11.0. The van der Waals surface area contributed by atoms with Crippen molar-refractivity contribution in [3.05, 3.63) is 83.9 Å². The zero-order valence-electron chi connectivity index (χ0n) is 20.5. The Hall–Kier alpha value is -4.03.